The van der Waals surface area contributed by atoms with Gasteiger partial charge in [-0.1, -0.05) is 39.0 Å². The van der Waals surface area contributed by atoms with Gasteiger partial charge < -0.3 is 15.7 Å². The van der Waals surface area contributed by atoms with Crippen molar-refractivity contribution in [3.8, 4) is 0 Å². The molecule has 1 aromatic carbocycles. The van der Waals surface area contributed by atoms with E-state index in [4.69, 9.17) is 5.73 Å². The normalized spacial score (nSPS) is 12.7. The van der Waals surface area contributed by atoms with Crippen LogP contribution in [-0.4, -0.2) is 24.3 Å². The van der Waals surface area contributed by atoms with E-state index in [0.29, 0.717) is 12.6 Å². The van der Waals surface area contributed by atoms with Gasteiger partial charge in [0.15, 0.2) is 0 Å². The molecule has 0 aliphatic rings. The molecule has 108 valence electrons. The maximum absolute atomic E-state index is 9.35. The van der Waals surface area contributed by atoms with Crippen molar-refractivity contribution in [2.24, 2.45) is 5.73 Å². The Kier molecular flexibility index (Phi) is 6.89. The predicted octanol–water partition coefficient (Wildman–Crippen LogP) is 3.08. The number of para-hydroxylation sites is 1. The van der Waals surface area contributed by atoms with Crippen LogP contribution in [0, 0.1) is 0 Å². The summed E-state index contributed by atoms with van der Waals surface area (Å²) in [6, 6.07) is 8.84. The van der Waals surface area contributed by atoms with E-state index in [1.54, 1.807) is 0 Å². The Morgan fingerprint density at radius 1 is 1.11 bits per heavy atom. The van der Waals surface area contributed by atoms with Crippen LogP contribution < -0.4 is 10.6 Å². The molecular formula is C16H28N2O. The second kappa shape index (κ2) is 8.18. The molecule has 0 aliphatic carbocycles. The fraction of sp³-hybridized carbons (Fsp3) is 0.625. The lowest BCUT2D eigenvalue weighted by Gasteiger charge is -2.34. The van der Waals surface area contributed by atoms with Gasteiger partial charge in [-0.15, -0.1) is 0 Å². The molecule has 0 heterocycles. The molecule has 0 aromatic heterocycles. The standard InChI is InChI=1S/C16H28N2O/c1-4-13(5-2)18(11-12-19)16-10-8-7-9-14(16)15(17)6-3/h7-10,13,15,19H,4-6,11-12,17H2,1-3H3/t15-/m0/s1. The third kappa shape index (κ3) is 3.95. The number of aliphatic hydroxyl groups is 1. The predicted molar refractivity (Wildman–Crippen MR) is 82.5 cm³/mol. The van der Waals surface area contributed by atoms with Crippen LogP contribution >= 0.6 is 0 Å². The Morgan fingerprint density at radius 2 is 1.74 bits per heavy atom. The fourth-order valence-corrected chi connectivity index (χ4v) is 2.62. The van der Waals surface area contributed by atoms with E-state index in [1.807, 2.05) is 12.1 Å². The first-order valence-corrected chi connectivity index (χ1v) is 7.41. The van der Waals surface area contributed by atoms with Crippen molar-refractivity contribution in [3.05, 3.63) is 29.8 Å². The largest absolute Gasteiger partial charge is 0.395 e. The van der Waals surface area contributed by atoms with Gasteiger partial charge in [-0.25, -0.2) is 0 Å². The van der Waals surface area contributed by atoms with E-state index in [0.717, 1.165) is 19.3 Å². The number of benzene rings is 1. The number of nitrogens with two attached hydrogens (primary N) is 1. The summed E-state index contributed by atoms with van der Waals surface area (Å²) >= 11 is 0. The Morgan fingerprint density at radius 3 is 2.26 bits per heavy atom. The average Bonchev–Trinajstić information content (AvgIpc) is 2.46. The summed E-state index contributed by atoms with van der Waals surface area (Å²) in [5.74, 6) is 0. The number of rotatable bonds is 8. The second-order valence-electron chi connectivity index (χ2n) is 4.96. The Balaban J connectivity index is 3.14. The molecular weight excluding hydrogens is 236 g/mol. The number of hydrogen-bond donors (Lipinski definition) is 2. The van der Waals surface area contributed by atoms with E-state index in [9.17, 15) is 5.11 Å². The van der Waals surface area contributed by atoms with Crippen molar-refractivity contribution in [1.82, 2.24) is 0 Å². The number of anilines is 1. The minimum atomic E-state index is 0.0618. The summed E-state index contributed by atoms with van der Waals surface area (Å²) in [6.45, 7) is 7.34. The topological polar surface area (TPSA) is 49.5 Å². The van der Waals surface area contributed by atoms with Gasteiger partial charge in [0.1, 0.15) is 0 Å². The van der Waals surface area contributed by atoms with Gasteiger partial charge in [0.2, 0.25) is 0 Å². The maximum atomic E-state index is 9.35. The molecule has 0 unspecified atom stereocenters. The lowest BCUT2D eigenvalue weighted by Crippen LogP contribution is -2.38. The van der Waals surface area contributed by atoms with Gasteiger partial charge in [0, 0.05) is 24.3 Å². The summed E-state index contributed by atoms with van der Waals surface area (Å²) in [6.07, 6.45) is 3.07. The van der Waals surface area contributed by atoms with Gasteiger partial charge in [0.05, 0.1) is 6.61 Å². The molecule has 1 atom stereocenters. The molecule has 0 saturated heterocycles. The van der Waals surface area contributed by atoms with Gasteiger partial charge in [0.25, 0.3) is 0 Å². The molecule has 0 bridgehead atoms. The molecule has 0 radical (unpaired) electrons. The minimum Gasteiger partial charge on any atom is -0.395 e. The third-order valence-corrected chi connectivity index (χ3v) is 3.81. The van der Waals surface area contributed by atoms with E-state index >= 15 is 0 Å². The van der Waals surface area contributed by atoms with E-state index in [2.05, 4.69) is 37.8 Å². The molecule has 0 saturated carbocycles. The van der Waals surface area contributed by atoms with Crippen LogP contribution in [0.25, 0.3) is 0 Å². The Hall–Kier alpha value is -1.06. The lowest BCUT2D eigenvalue weighted by molar-refractivity contribution is 0.295. The van der Waals surface area contributed by atoms with Crippen molar-refractivity contribution in [2.45, 2.75) is 52.1 Å². The zero-order chi connectivity index (χ0) is 14.3. The number of aliphatic hydroxyl groups excluding tert-OH is 1. The van der Waals surface area contributed by atoms with Crippen LogP contribution in [0.2, 0.25) is 0 Å². The lowest BCUT2D eigenvalue weighted by atomic mass is 10.00. The molecule has 1 rings (SSSR count). The van der Waals surface area contributed by atoms with Gasteiger partial charge in [-0.3, -0.25) is 0 Å². The zero-order valence-electron chi connectivity index (χ0n) is 12.5. The highest BCUT2D eigenvalue weighted by atomic mass is 16.3. The summed E-state index contributed by atoms with van der Waals surface area (Å²) in [7, 11) is 0. The first-order chi connectivity index (χ1) is 9.19. The summed E-state index contributed by atoms with van der Waals surface area (Å²) in [5, 5.41) is 9.35. The SMILES string of the molecule is CCC(CC)N(CCO)c1ccccc1[C@@H](N)CC. The van der Waals surface area contributed by atoms with E-state index < -0.39 is 0 Å². The van der Waals surface area contributed by atoms with Crippen LogP contribution in [0.1, 0.15) is 51.6 Å². The van der Waals surface area contributed by atoms with Crippen molar-refractivity contribution >= 4 is 5.69 Å². The van der Waals surface area contributed by atoms with Crippen LogP contribution in [0.4, 0.5) is 5.69 Å². The van der Waals surface area contributed by atoms with Gasteiger partial charge >= 0.3 is 0 Å². The quantitative estimate of drug-likeness (QED) is 0.758. The Labute approximate surface area is 117 Å². The molecule has 19 heavy (non-hydrogen) atoms. The molecule has 0 fully saturated rings. The first kappa shape index (κ1) is 16.0. The number of hydrogen-bond acceptors (Lipinski definition) is 3. The monoisotopic (exact) mass is 264 g/mol. The molecule has 3 N–H and O–H groups in total. The Bertz CT molecular complexity index is 364. The summed E-state index contributed by atoms with van der Waals surface area (Å²) in [5.41, 5.74) is 8.59. The molecule has 0 amide bonds. The van der Waals surface area contributed by atoms with E-state index in [1.165, 1.54) is 11.3 Å². The fourth-order valence-electron chi connectivity index (χ4n) is 2.62. The highest BCUT2D eigenvalue weighted by molar-refractivity contribution is 5.55. The molecule has 3 heteroatoms. The van der Waals surface area contributed by atoms with Crippen LogP contribution in [-0.2, 0) is 0 Å². The second-order valence-corrected chi connectivity index (χ2v) is 4.96. The van der Waals surface area contributed by atoms with E-state index in [-0.39, 0.29) is 12.6 Å². The van der Waals surface area contributed by atoms with Gasteiger partial charge in [-0.05, 0) is 30.9 Å². The van der Waals surface area contributed by atoms with Crippen LogP contribution in [0.3, 0.4) is 0 Å². The van der Waals surface area contributed by atoms with Gasteiger partial charge in [-0.2, -0.15) is 0 Å². The smallest absolute Gasteiger partial charge is 0.0606 e. The maximum Gasteiger partial charge on any atom is 0.0606 e. The average molecular weight is 264 g/mol. The molecule has 3 nitrogen and oxygen atoms in total. The molecule has 0 aliphatic heterocycles. The third-order valence-electron chi connectivity index (χ3n) is 3.81. The highest BCUT2D eigenvalue weighted by Gasteiger charge is 2.19. The zero-order valence-corrected chi connectivity index (χ0v) is 12.5. The number of nitrogens with zero attached hydrogens (tertiary/aromatic N) is 1. The molecule has 1 aromatic rings. The first-order valence-electron chi connectivity index (χ1n) is 7.41. The van der Waals surface area contributed by atoms with Crippen LogP contribution in [0.5, 0.6) is 0 Å². The summed E-state index contributed by atoms with van der Waals surface area (Å²) in [4.78, 5) is 2.31. The van der Waals surface area contributed by atoms with Crippen molar-refractivity contribution in [1.29, 1.82) is 0 Å². The van der Waals surface area contributed by atoms with Crippen molar-refractivity contribution < 1.29 is 5.11 Å². The van der Waals surface area contributed by atoms with Crippen molar-refractivity contribution in [2.75, 3.05) is 18.1 Å². The van der Waals surface area contributed by atoms with Crippen LogP contribution in [0.15, 0.2) is 24.3 Å². The molecule has 0 spiro atoms. The van der Waals surface area contributed by atoms with Crippen molar-refractivity contribution in [3.63, 3.8) is 0 Å². The summed E-state index contributed by atoms with van der Waals surface area (Å²) < 4.78 is 0. The highest BCUT2D eigenvalue weighted by Crippen LogP contribution is 2.29. The minimum absolute atomic E-state index is 0.0618.